The van der Waals surface area contributed by atoms with Crippen molar-refractivity contribution >= 4 is 27.7 Å². The third-order valence-electron chi connectivity index (χ3n) is 6.34. The Morgan fingerprint density at radius 3 is 2.34 bits per heavy atom. The first-order valence-electron chi connectivity index (χ1n) is 10.8. The van der Waals surface area contributed by atoms with Crippen LogP contribution in [0.5, 0.6) is 0 Å². The second-order valence-corrected chi connectivity index (χ2v) is 8.36. The lowest BCUT2D eigenvalue weighted by atomic mass is 10.0. The number of H-pyrrole nitrogens is 2. The zero-order chi connectivity index (χ0) is 22.2. The monoisotopic (exact) mass is 431 g/mol. The molecular formula is C24H25N5O3. The van der Waals surface area contributed by atoms with E-state index in [0.29, 0.717) is 24.0 Å². The summed E-state index contributed by atoms with van der Waals surface area (Å²) < 4.78 is 1.10. The van der Waals surface area contributed by atoms with Crippen LogP contribution >= 0.6 is 0 Å². The largest absolute Gasteiger partial charge is 0.361 e. The Hall–Kier alpha value is -3.65. The number of benzene rings is 2. The predicted molar refractivity (Wildman–Crippen MR) is 124 cm³/mol. The quantitative estimate of drug-likeness (QED) is 0.515. The molecule has 2 aromatic heterocycles. The fourth-order valence-electron chi connectivity index (χ4n) is 4.49. The van der Waals surface area contributed by atoms with Gasteiger partial charge in [0.1, 0.15) is 6.04 Å². The van der Waals surface area contributed by atoms with Crippen LogP contribution < -0.4 is 11.2 Å². The Morgan fingerprint density at radius 1 is 0.938 bits per heavy atom. The van der Waals surface area contributed by atoms with Crippen LogP contribution in [-0.2, 0) is 11.2 Å². The fourth-order valence-corrected chi connectivity index (χ4v) is 4.49. The van der Waals surface area contributed by atoms with Gasteiger partial charge in [0.25, 0.3) is 5.56 Å². The van der Waals surface area contributed by atoms with E-state index < -0.39 is 17.3 Å². The van der Waals surface area contributed by atoms with Crippen molar-refractivity contribution in [3.8, 4) is 0 Å². The number of carbonyl (C=O) groups is 1. The van der Waals surface area contributed by atoms with Gasteiger partial charge in [-0.1, -0.05) is 30.3 Å². The van der Waals surface area contributed by atoms with Crippen molar-refractivity contribution in [1.82, 2.24) is 24.3 Å². The van der Waals surface area contributed by atoms with Crippen LogP contribution in [0, 0.1) is 0 Å². The zero-order valence-corrected chi connectivity index (χ0v) is 17.9. The van der Waals surface area contributed by atoms with Gasteiger partial charge in [0.15, 0.2) is 0 Å². The SMILES string of the molecule is CN1CCN(C(=O)[C@H](Cc2c[nH]c3ccccc23)n2c(=O)[nH]c3ccccc3c2=O)CC1. The first-order valence-corrected chi connectivity index (χ1v) is 10.8. The molecule has 164 valence electrons. The van der Waals surface area contributed by atoms with Crippen molar-refractivity contribution in [3.05, 3.63) is 81.1 Å². The minimum atomic E-state index is -0.932. The maximum Gasteiger partial charge on any atom is 0.329 e. The molecule has 0 radical (unpaired) electrons. The third-order valence-corrected chi connectivity index (χ3v) is 6.34. The minimum absolute atomic E-state index is 0.203. The van der Waals surface area contributed by atoms with E-state index in [9.17, 15) is 14.4 Å². The third kappa shape index (κ3) is 3.52. The lowest BCUT2D eigenvalue weighted by Crippen LogP contribution is -2.52. The number of rotatable bonds is 4. The topological polar surface area (TPSA) is 94.2 Å². The van der Waals surface area contributed by atoms with Gasteiger partial charge in [-0.15, -0.1) is 0 Å². The highest BCUT2D eigenvalue weighted by Crippen LogP contribution is 2.24. The standard InChI is InChI=1S/C24H25N5O3/c1-27-10-12-28(13-11-27)23(31)21(14-16-15-25-19-8-4-2-6-17(16)19)29-22(30)18-7-3-5-9-20(18)26-24(29)32/h2-9,15,21,25H,10-14H2,1H3,(H,26,32)/t21-/m0/s1. The summed E-state index contributed by atoms with van der Waals surface area (Å²) >= 11 is 0. The Balaban J connectivity index is 1.63. The molecule has 1 saturated heterocycles. The van der Waals surface area contributed by atoms with Crippen LogP contribution in [0.1, 0.15) is 11.6 Å². The van der Waals surface area contributed by atoms with Gasteiger partial charge in [-0.3, -0.25) is 9.59 Å². The van der Waals surface area contributed by atoms with Crippen LogP contribution in [-0.4, -0.2) is 63.5 Å². The van der Waals surface area contributed by atoms with Gasteiger partial charge in [-0.05, 0) is 30.8 Å². The first kappa shape index (κ1) is 20.3. The summed E-state index contributed by atoms with van der Waals surface area (Å²) in [4.78, 5) is 50.0. The second-order valence-electron chi connectivity index (χ2n) is 8.36. The van der Waals surface area contributed by atoms with E-state index in [0.717, 1.165) is 34.1 Å². The fraction of sp³-hybridized carbons (Fsp3) is 0.292. The minimum Gasteiger partial charge on any atom is -0.361 e. The molecule has 1 aliphatic heterocycles. The van der Waals surface area contributed by atoms with Crippen molar-refractivity contribution in [2.75, 3.05) is 33.2 Å². The van der Waals surface area contributed by atoms with Crippen LogP contribution in [0.2, 0.25) is 0 Å². The number of amides is 1. The molecule has 8 nitrogen and oxygen atoms in total. The van der Waals surface area contributed by atoms with Crippen LogP contribution in [0.4, 0.5) is 0 Å². The van der Waals surface area contributed by atoms with E-state index in [2.05, 4.69) is 14.9 Å². The molecule has 4 aromatic rings. The van der Waals surface area contributed by atoms with Gasteiger partial charge in [-0.25, -0.2) is 9.36 Å². The van der Waals surface area contributed by atoms with E-state index >= 15 is 0 Å². The van der Waals surface area contributed by atoms with Crippen LogP contribution in [0.25, 0.3) is 21.8 Å². The number of hydrogen-bond acceptors (Lipinski definition) is 4. The summed E-state index contributed by atoms with van der Waals surface area (Å²) in [5, 5.41) is 1.37. The normalized spacial score (nSPS) is 16.0. The molecule has 32 heavy (non-hydrogen) atoms. The number of likely N-dealkylation sites (N-methyl/N-ethyl adjacent to an activating group) is 1. The highest BCUT2D eigenvalue weighted by molar-refractivity contribution is 5.86. The van der Waals surface area contributed by atoms with Crippen molar-refractivity contribution < 1.29 is 4.79 Å². The Kier molecular flexibility index (Phi) is 5.14. The number of aromatic amines is 2. The molecule has 1 aliphatic rings. The maximum absolute atomic E-state index is 13.7. The number of nitrogens with one attached hydrogen (secondary N) is 2. The molecule has 1 fully saturated rings. The van der Waals surface area contributed by atoms with E-state index in [4.69, 9.17) is 0 Å². The molecule has 8 heteroatoms. The summed E-state index contributed by atoms with van der Waals surface area (Å²) in [6.45, 7) is 2.66. The Bertz CT molecular complexity index is 1410. The van der Waals surface area contributed by atoms with Crippen molar-refractivity contribution in [2.24, 2.45) is 0 Å². The van der Waals surface area contributed by atoms with E-state index in [-0.39, 0.29) is 12.3 Å². The van der Waals surface area contributed by atoms with Gasteiger partial charge in [0.05, 0.1) is 10.9 Å². The molecule has 5 rings (SSSR count). The number of nitrogens with zero attached hydrogens (tertiary/aromatic N) is 3. The molecule has 2 aromatic carbocycles. The van der Waals surface area contributed by atoms with Crippen LogP contribution in [0.3, 0.4) is 0 Å². The van der Waals surface area contributed by atoms with Crippen molar-refractivity contribution in [1.29, 1.82) is 0 Å². The highest BCUT2D eigenvalue weighted by Gasteiger charge is 2.31. The summed E-state index contributed by atoms with van der Waals surface area (Å²) in [6.07, 6.45) is 2.10. The lowest BCUT2D eigenvalue weighted by molar-refractivity contribution is -0.136. The van der Waals surface area contributed by atoms with Gasteiger partial charge in [-0.2, -0.15) is 0 Å². The molecule has 3 heterocycles. The van der Waals surface area contributed by atoms with Gasteiger partial charge >= 0.3 is 5.69 Å². The molecule has 0 unspecified atom stereocenters. The number of hydrogen-bond donors (Lipinski definition) is 2. The second kappa shape index (κ2) is 8.12. The number of para-hydroxylation sites is 2. The lowest BCUT2D eigenvalue weighted by Gasteiger charge is -2.34. The Labute approximate surface area is 184 Å². The van der Waals surface area contributed by atoms with Gasteiger partial charge < -0.3 is 19.8 Å². The molecule has 0 spiro atoms. The summed E-state index contributed by atoms with van der Waals surface area (Å²) in [7, 11) is 2.02. The van der Waals surface area contributed by atoms with Crippen molar-refractivity contribution in [2.45, 2.75) is 12.5 Å². The van der Waals surface area contributed by atoms with Gasteiger partial charge in [0, 0.05) is 49.7 Å². The zero-order valence-electron chi connectivity index (χ0n) is 17.9. The van der Waals surface area contributed by atoms with E-state index in [1.807, 2.05) is 37.5 Å². The number of carbonyl (C=O) groups excluding carboxylic acids is 1. The van der Waals surface area contributed by atoms with Crippen LogP contribution in [0.15, 0.2) is 64.3 Å². The molecule has 1 atom stereocenters. The molecule has 0 saturated carbocycles. The van der Waals surface area contributed by atoms with E-state index in [1.165, 1.54) is 0 Å². The predicted octanol–water partition coefficient (Wildman–Crippen LogP) is 1.73. The Morgan fingerprint density at radius 2 is 1.59 bits per heavy atom. The average molecular weight is 431 g/mol. The molecule has 2 N–H and O–H groups in total. The van der Waals surface area contributed by atoms with E-state index in [1.54, 1.807) is 29.2 Å². The maximum atomic E-state index is 13.7. The molecule has 0 aliphatic carbocycles. The summed E-state index contributed by atoms with van der Waals surface area (Å²) in [6, 6.07) is 13.8. The molecule has 0 bridgehead atoms. The molecular weight excluding hydrogens is 406 g/mol. The molecule has 1 amide bonds. The smallest absolute Gasteiger partial charge is 0.329 e. The van der Waals surface area contributed by atoms with Crippen molar-refractivity contribution in [3.63, 3.8) is 0 Å². The number of piperazine rings is 1. The average Bonchev–Trinajstić information content (AvgIpc) is 3.21. The van der Waals surface area contributed by atoms with Gasteiger partial charge in [0.2, 0.25) is 5.91 Å². The summed E-state index contributed by atoms with van der Waals surface area (Å²) in [5.74, 6) is -0.203. The number of fused-ring (bicyclic) bond motifs is 2. The summed E-state index contributed by atoms with van der Waals surface area (Å²) in [5.41, 5.74) is 1.30. The highest BCUT2D eigenvalue weighted by atomic mass is 16.2. The first-order chi connectivity index (χ1) is 15.5. The number of aromatic nitrogens is 3.